The molecule has 0 aromatic carbocycles. The molecule has 4 heteroatoms. The Labute approximate surface area is 77.3 Å². The van der Waals surface area contributed by atoms with Crippen LogP contribution in [-0.2, 0) is 9.59 Å². The van der Waals surface area contributed by atoms with Gasteiger partial charge in [-0.1, -0.05) is 12.2 Å². The van der Waals surface area contributed by atoms with Crippen molar-refractivity contribution < 1.29 is 9.59 Å². The maximum atomic E-state index is 10.3. The second kappa shape index (κ2) is 7.39. The van der Waals surface area contributed by atoms with Gasteiger partial charge in [0.05, 0.1) is 0 Å². The third-order valence-electron chi connectivity index (χ3n) is 1.26. The van der Waals surface area contributed by atoms with Gasteiger partial charge in [0.2, 0.25) is 11.6 Å². The van der Waals surface area contributed by atoms with Crippen LogP contribution in [0.3, 0.4) is 0 Å². The third kappa shape index (κ3) is 5.95. The summed E-state index contributed by atoms with van der Waals surface area (Å²) in [6, 6.07) is 0. The van der Waals surface area contributed by atoms with Crippen LogP contribution in [0.1, 0.15) is 6.42 Å². The lowest BCUT2D eigenvalue weighted by Gasteiger charge is -1.88. The topological polar surface area (TPSA) is 86.2 Å². The molecule has 0 aliphatic heterocycles. The summed E-state index contributed by atoms with van der Waals surface area (Å²) in [6.07, 6.45) is 6.54. The molecule has 4 N–H and O–H groups in total. The Morgan fingerprint density at radius 1 is 0.923 bits per heavy atom. The summed E-state index contributed by atoms with van der Waals surface area (Å²) in [5.41, 5.74) is 10.1. The van der Waals surface area contributed by atoms with Crippen molar-refractivity contribution in [2.75, 3.05) is 13.1 Å². The number of carbonyl (C=O) groups is 2. The average molecular weight is 182 g/mol. The molecule has 0 radical (unpaired) electrons. The summed E-state index contributed by atoms with van der Waals surface area (Å²) in [6.45, 7) is 1.44. The Bertz CT molecular complexity index is 208. The van der Waals surface area contributed by atoms with Crippen LogP contribution in [0.5, 0.6) is 0 Å². The first-order chi connectivity index (χ1) is 6.22. The van der Waals surface area contributed by atoms with Crippen LogP contribution in [0.25, 0.3) is 0 Å². The highest BCUT2D eigenvalue weighted by Crippen LogP contribution is 1.90. The minimum Gasteiger partial charge on any atom is -0.330 e. The number of allylic oxidation sites excluding steroid dienone is 4. The van der Waals surface area contributed by atoms with Crippen molar-refractivity contribution in [2.45, 2.75) is 6.42 Å². The minimum absolute atomic E-state index is 0.437. The molecular formula is C9H14N2O2. The van der Waals surface area contributed by atoms with Crippen LogP contribution in [-0.4, -0.2) is 24.7 Å². The molecule has 0 heterocycles. The Morgan fingerprint density at radius 2 is 1.31 bits per heavy atom. The van der Waals surface area contributed by atoms with Crippen molar-refractivity contribution in [3.63, 3.8) is 0 Å². The molecule has 0 fully saturated rings. The Balaban J connectivity index is 0.000000252. The number of hydrogen-bond acceptors (Lipinski definition) is 4. The van der Waals surface area contributed by atoms with Crippen molar-refractivity contribution >= 4 is 11.6 Å². The zero-order chi connectivity index (χ0) is 10.1. The molecular weight excluding hydrogens is 168 g/mol. The second-order valence-corrected chi connectivity index (χ2v) is 2.38. The highest BCUT2D eigenvalue weighted by molar-refractivity contribution is 6.46. The van der Waals surface area contributed by atoms with E-state index in [0.717, 1.165) is 19.5 Å². The van der Waals surface area contributed by atoms with E-state index in [1.54, 1.807) is 12.2 Å². The van der Waals surface area contributed by atoms with Gasteiger partial charge in [-0.15, -0.1) is 0 Å². The Kier molecular flexibility index (Phi) is 6.68. The summed E-state index contributed by atoms with van der Waals surface area (Å²) < 4.78 is 0. The van der Waals surface area contributed by atoms with Crippen LogP contribution < -0.4 is 11.5 Å². The van der Waals surface area contributed by atoms with Crippen LogP contribution in [0.2, 0.25) is 0 Å². The van der Waals surface area contributed by atoms with Gasteiger partial charge in [0.15, 0.2) is 0 Å². The van der Waals surface area contributed by atoms with Gasteiger partial charge >= 0.3 is 0 Å². The van der Waals surface area contributed by atoms with Gasteiger partial charge in [-0.3, -0.25) is 9.59 Å². The summed E-state index contributed by atoms with van der Waals surface area (Å²) in [5, 5.41) is 0. The molecule has 0 amide bonds. The summed E-state index contributed by atoms with van der Waals surface area (Å²) in [7, 11) is 0. The first-order valence-corrected chi connectivity index (χ1v) is 4.05. The van der Waals surface area contributed by atoms with Crippen LogP contribution >= 0.6 is 0 Å². The average Bonchev–Trinajstić information content (AvgIpc) is 2.13. The maximum absolute atomic E-state index is 10.3. The number of nitrogens with two attached hydrogens (primary N) is 2. The molecule has 0 unspecified atom stereocenters. The second-order valence-electron chi connectivity index (χ2n) is 2.38. The van der Waals surface area contributed by atoms with E-state index < -0.39 is 11.6 Å². The monoisotopic (exact) mass is 182 g/mol. The van der Waals surface area contributed by atoms with E-state index in [9.17, 15) is 9.59 Å². The molecule has 1 rings (SSSR count). The summed E-state index contributed by atoms with van der Waals surface area (Å²) in [5.74, 6) is -0.875. The Morgan fingerprint density at radius 3 is 1.46 bits per heavy atom. The number of rotatable bonds is 2. The summed E-state index contributed by atoms with van der Waals surface area (Å²) in [4.78, 5) is 20.6. The van der Waals surface area contributed by atoms with Crippen LogP contribution in [0.4, 0.5) is 0 Å². The lowest BCUT2D eigenvalue weighted by atomic mass is 10.1. The SMILES string of the molecule is NCCCN.O=C1C=CC=CC1=O. The van der Waals surface area contributed by atoms with Gasteiger partial charge < -0.3 is 11.5 Å². The fourth-order valence-electron chi connectivity index (χ4n) is 0.568. The number of hydrogen-bond donors (Lipinski definition) is 2. The van der Waals surface area contributed by atoms with Crippen molar-refractivity contribution in [3.05, 3.63) is 24.3 Å². The molecule has 0 bridgehead atoms. The zero-order valence-electron chi connectivity index (χ0n) is 7.40. The van der Waals surface area contributed by atoms with E-state index in [2.05, 4.69) is 0 Å². The fourth-order valence-corrected chi connectivity index (χ4v) is 0.568. The number of ketones is 2. The van der Waals surface area contributed by atoms with Crippen molar-refractivity contribution in [1.29, 1.82) is 0 Å². The van der Waals surface area contributed by atoms with Gasteiger partial charge in [0, 0.05) is 0 Å². The van der Waals surface area contributed by atoms with Crippen LogP contribution in [0, 0.1) is 0 Å². The molecule has 0 spiro atoms. The van der Waals surface area contributed by atoms with Gasteiger partial charge in [0.1, 0.15) is 0 Å². The molecule has 0 saturated heterocycles. The first kappa shape index (κ1) is 11.7. The molecule has 4 nitrogen and oxygen atoms in total. The molecule has 0 atom stereocenters. The fraction of sp³-hybridized carbons (Fsp3) is 0.333. The van der Waals surface area contributed by atoms with E-state index in [1.165, 1.54) is 12.2 Å². The van der Waals surface area contributed by atoms with E-state index in [0.29, 0.717) is 0 Å². The molecule has 1 aliphatic carbocycles. The smallest absolute Gasteiger partial charge is 0.225 e. The maximum Gasteiger partial charge on any atom is 0.225 e. The zero-order valence-corrected chi connectivity index (χ0v) is 7.40. The van der Waals surface area contributed by atoms with Crippen molar-refractivity contribution in [1.82, 2.24) is 0 Å². The highest BCUT2D eigenvalue weighted by atomic mass is 16.2. The molecule has 0 aromatic heterocycles. The van der Waals surface area contributed by atoms with Gasteiger partial charge in [0.25, 0.3) is 0 Å². The molecule has 0 aromatic rings. The molecule has 1 aliphatic rings. The molecule has 0 saturated carbocycles. The van der Waals surface area contributed by atoms with Crippen molar-refractivity contribution in [2.24, 2.45) is 11.5 Å². The van der Waals surface area contributed by atoms with Gasteiger partial charge in [-0.05, 0) is 31.7 Å². The summed E-state index contributed by atoms with van der Waals surface area (Å²) >= 11 is 0. The van der Waals surface area contributed by atoms with Gasteiger partial charge in [-0.25, -0.2) is 0 Å². The Hall–Kier alpha value is -1.26. The lowest BCUT2D eigenvalue weighted by molar-refractivity contribution is -0.131. The standard InChI is InChI=1S/C6H4O2.C3H10N2/c7-5-3-1-2-4-6(5)8;4-2-1-3-5/h1-4H;1-5H2. The van der Waals surface area contributed by atoms with E-state index in [4.69, 9.17) is 11.5 Å². The number of carbonyl (C=O) groups excluding carboxylic acids is 2. The molecule has 13 heavy (non-hydrogen) atoms. The highest BCUT2D eigenvalue weighted by Gasteiger charge is 2.06. The van der Waals surface area contributed by atoms with Crippen molar-refractivity contribution in [3.8, 4) is 0 Å². The van der Waals surface area contributed by atoms with E-state index in [-0.39, 0.29) is 0 Å². The predicted octanol–water partition coefficient (Wildman–Crippen LogP) is -0.455. The van der Waals surface area contributed by atoms with Crippen LogP contribution in [0.15, 0.2) is 24.3 Å². The predicted molar refractivity (Wildman–Crippen MR) is 51.0 cm³/mol. The molecule has 72 valence electrons. The van der Waals surface area contributed by atoms with Gasteiger partial charge in [-0.2, -0.15) is 0 Å². The first-order valence-electron chi connectivity index (χ1n) is 4.05. The minimum atomic E-state index is -0.437. The van der Waals surface area contributed by atoms with E-state index in [1.807, 2.05) is 0 Å². The normalized spacial score (nSPS) is 14.0. The third-order valence-corrected chi connectivity index (χ3v) is 1.26. The quantitative estimate of drug-likeness (QED) is 0.447. The lowest BCUT2D eigenvalue weighted by Crippen LogP contribution is -2.08. The van der Waals surface area contributed by atoms with E-state index >= 15 is 0 Å². The largest absolute Gasteiger partial charge is 0.330 e.